The van der Waals surface area contributed by atoms with Crippen molar-refractivity contribution in [3.05, 3.63) is 53.6 Å². The van der Waals surface area contributed by atoms with Gasteiger partial charge in [0, 0.05) is 25.0 Å². The Morgan fingerprint density at radius 2 is 2.05 bits per heavy atom. The maximum atomic E-state index is 5.84. The molecule has 0 saturated carbocycles. The van der Waals surface area contributed by atoms with Crippen LogP contribution in [0.4, 0.5) is 0 Å². The Labute approximate surface area is 120 Å². The van der Waals surface area contributed by atoms with Gasteiger partial charge in [0.2, 0.25) is 0 Å². The van der Waals surface area contributed by atoms with E-state index in [1.54, 1.807) is 0 Å². The van der Waals surface area contributed by atoms with Gasteiger partial charge in [0.25, 0.3) is 0 Å². The van der Waals surface area contributed by atoms with Crippen LogP contribution in [0.25, 0.3) is 0 Å². The SMILES string of the molecule is CCCNCc1cnc(C(OCC)c2ccccc2)[nH]1. The highest BCUT2D eigenvalue weighted by Gasteiger charge is 2.17. The number of hydrogen-bond donors (Lipinski definition) is 2. The average Bonchev–Trinajstić information content (AvgIpc) is 2.94. The van der Waals surface area contributed by atoms with E-state index in [-0.39, 0.29) is 6.10 Å². The summed E-state index contributed by atoms with van der Waals surface area (Å²) in [7, 11) is 0. The van der Waals surface area contributed by atoms with Crippen LogP contribution in [0.1, 0.15) is 43.5 Å². The predicted octanol–water partition coefficient (Wildman–Crippen LogP) is 3.04. The van der Waals surface area contributed by atoms with Crippen molar-refractivity contribution >= 4 is 0 Å². The van der Waals surface area contributed by atoms with Gasteiger partial charge in [0.15, 0.2) is 0 Å². The van der Waals surface area contributed by atoms with E-state index in [0.717, 1.165) is 36.6 Å². The minimum atomic E-state index is -0.124. The van der Waals surface area contributed by atoms with E-state index in [2.05, 4.69) is 34.3 Å². The van der Waals surface area contributed by atoms with Crippen molar-refractivity contribution in [3.8, 4) is 0 Å². The molecule has 0 aliphatic rings. The Kier molecular flexibility index (Phi) is 5.77. The van der Waals surface area contributed by atoms with Gasteiger partial charge in [-0.3, -0.25) is 0 Å². The van der Waals surface area contributed by atoms with E-state index in [9.17, 15) is 0 Å². The normalized spacial score (nSPS) is 12.5. The van der Waals surface area contributed by atoms with Crippen molar-refractivity contribution in [2.24, 2.45) is 0 Å². The van der Waals surface area contributed by atoms with Crippen LogP contribution in [0, 0.1) is 0 Å². The van der Waals surface area contributed by atoms with E-state index in [4.69, 9.17) is 4.74 Å². The highest BCUT2D eigenvalue weighted by atomic mass is 16.5. The van der Waals surface area contributed by atoms with Crippen LogP contribution in [0.2, 0.25) is 0 Å². The molecular formula is C16H23N3O. The second-order valence-electron chi connectivity index (χ2n) is 4.72. The summed E-state index contributed by atoms with van der Waals surface area (Å²) in [5.41, 5.74) is 2.21. The molecule has 0 spiro atoms. The minimum absolute atomic E-state index is 0.124. The van der Waals surface area contributed by atoms with Crippen molar-refractivity contribution in [2.75, 3.05) is 13.2 Å². The molecule has 1 heterocycles. The van der Waals surface area contributed by atoms with Crippen LogP contribution in [-0.4, -0.2) is 23.1 Å². The summed E-state index contributed by atoms with van der Waals surface area (Å²) in [6.07, 6.45) is 2.89. The monoisotopic (exact) mass is 273 g/mol. The third-order valence-corrected chi connectivity index (χ3v) is 3.07. The van der Waals surface area contributed by atoms with Crippen molar-refractivity contribution in [3.63, 3.8) is 0 Å². The number of rotatable bonds is 8. The maximum Gasteiger partial charge on any atom is 0.140 e. The smallest absolute Gasteiger partial charge is 0.140 e. The minimum Gasteiger partial charge on any atom is -0.366 e. The highest BCUT2D eigenvalue weighted by Crippen LogP contribution is 2.23. The molecule has 0 bridgehead atoms. The topological polar surface area (TPSA) is 49.9 Å². The Morgan fingerprint density at radius 3 is 2.75 bits per heavy atom. The van der Waals surface area contributed by atoms with Gasteiger partial charge in [0.05, 0.1) is 0 Å². The second kappa shape index (κ2) is 7.82. The van der Waals surface area contributed by atoms with E-state index >= 15 is 0 Å². The number of nitrogens with zero attached hydrogens (tertiary/aromatic N) is 1. The van der Waals surface area contributed by atoms with Crippen LogP contribution >= 0.6 is 0 Å². The molecule has 0 fully saturated rings. The summed E-state index contributed by atoms with van der Waals surface area (Å²) in [4.78, 5) is 7.83. The Bertz CT molecular complexity index is 495. The molecule has 1 aromatic carbocycles. The summed E-state index contributed by atoms with van der Waals surface area (Å²) in [5.74, 6) is 0.867. The lowest BCUT2D eigenvalue weighted by Crippen LogP contribution is -2.14. The van der Waals surface area contributed by atoms with E-state index in [0.29, 0.717) is 6.61 Å². The number of benzene rings is 1. The fourth-order valence-corrected chi connectivity index (χ4v) is 2.13. The first-order valence-corrected chi connectivity index (χ1v) is 7.26. The Balaban J connectivity index is 2.10. The van der Waals surface area contributed by atoms with Crippen molar-refractivity contribution in [2.45, 2.75) is 32.9 Å². The van der Waals surface area contributed by atoms with Crippen LogP contribution in [0.5, 0.6) is 0 Å². The molecule has 0 aliphatic carbocycles. The van der Waals surface area contributed by atoms with E-state index in [1.807, 2.05) is 31.3 Å². The molecule has 4 nitrogen and oxygen atoms in total. The summed E-state index contributed by atoms with van der Waals surface area (Å²) < 4.78 is 5.84. The van der Waals surface area contributed by atoms with Crippen LogP contribution in [0.15, 0.2) is 36.5 Å². The first-order valence-electron chi connectivity index (χ1n) is 7.26. The van der Waals surface area contributed by atoms with Crippen LogP contribution in [0.3, 0.4) is 0 Å². The van der Waals surface area contributed by atoms with Gasteiger partial charge in [-0.25, -0.2) is 4.98 Å². The summed E-state index contributed by atoms with van der Waals surface area (Å²) >= 11 is 0. The molecule has 20 heavy (non-hydrogen) atoms. The van der Waals surface area contributed by atoms with Gasteiger partial charge in [-0.2, -0.15) is 0 Å². The lowest BCUT2D eigenvalue weighted by atomic mass is 10.1. The molecule has 2 N–H and O–H groups in total. The Morgan fingerprint density at radius 1 is 1.25 bits per heavy atom. The molecule has 0 saturated heterocycles. The van der Waals surface area contributed by atoms with Crippen molar-refractivity contribution in [1.29, 1.82) is 0 Å². The third-order valence-electron chi connectivity index (χ3n) is 3.07. The van der Waals surface area contributed by atoms with Gasteiger partial charge in [0.1, 0.15) is 11.9 Å². The third kappa shape index (κ3) is 3.92. The number of nitrogens with one attached hydrogen (secondary N) is 2. The maximum absolute atomic E-state index is 5.84. The molecule has 2 aromatic rings. The molecule has 1 atom stereocenters. The average molecular weight is 273 g/mol. The van der Waals surface area contributed by atoms with E-state index < -0.39 is 0 Å². The zero-order valence-corrected chi connectivity index (χ0v) is 12.2. The van der Waals surface area contributed by atoms with Gasteiger partial charge < -0.3 is 15.0 Å². The molecule has 0 amide bonds. The number of hydrogen-bond acceptors (Lipinski definition) is 3. The van der Waals surface area contributed by atoms with Gasteiger partial charge in [-0.1, -0.05) is 37.3 Å². The lowest BCUT2D eigenvalue weighted by Gasteiger charge is -2.15. The number of imidazole rings is 1. The summed E-state index contributed by atoms with van der Waals surface area (Å²) in [6.45, 7) is 6.65. The lowest BCUT2D eigenvalue weighted by molar-refractivity contribution is 0.0856. The fourth-order valence-electron chi connectivity index (χ4n) is 2.13. The molecule has 1 aromatic heterocycles. The molecular weight excluding hydrogens is 250 g/mol. The zero-order chi connectivity index (χ0) is 14.2. The summed E-state index contributed by atoms with van der Waals surface area (Å²) in [5, 5.41) is 3.36. The molecule has 2 rings (SSSR count). The number of aromatic amines is 1. The van der Waals surface area contributed by atoms with Crippen LogP contribution < -0.4 is 5.32 Å². The van der Waals surface area contributed by atoms with Crippen molar-refractivity contribution in [1.82, 2.24) is 15.3 Å². The number of H-pyrrole nitrogens is 1. The number of aromatic nitrogens is 2. The standard InChI is InChI=1S/C16H23N3O/c1-3-10-17-11-14-12-18-16(19-14)15(20-4-2)13-8-6-5-7-9-13/h5-9,12,15,17H,3-4,10-11H2,1-2H3,(H,18,19). The largest absolute Gasteiger partial charge is 0.366 e. The highest BCUT2D eigenvalue weighted by molar-refractivity contribution is 5.23. The molecule has 1 unspecified atom stereocenters. The second-order valence-corrected chi connectivity index (χ2v) is 4.72. The quantitative estimate of drug-likeness (QED) is 0.727. The zero-order valence-electron chi connectivity index (χ0n) is 12.2. The first-order chi connectivity index (χ1) is 9.85. The number of ether oxygens (including phenoxy) is 1. The van der Waals surface area contributed by atoms with Gasteiger partial charge >= 0.3 is 0 Å². The van der Waals surface area contributed by atoms with Gasteiger partial charge in [-0.05, 0) is 25.5 Å². The first kappa shape index (κ1) is 14.8. The molecule has 4 heteroatoms. The summed E-state index contributed by atoms with van der Waals surface area (Å²) in [6, 6.07) is 10.2. The Hall–Kier alpha value is -1.65. The molecule has 0 aliphatic heterocycles. The molecule has 0 radical (unpaired) electrons. The van der Waals surface area contributed by atoms with Crippen LogP contribution in [-0.2, 0) is 11.3 Å². The molecule has 108 valence electrons. The fraction of sp³-hybridized carbons (Fsp3) is 0.438. The van der Waals surface area contributed by atoms with Crippen molar-refractivity contribution < 1.29 is 4.74 Å². The van der Waals surface area contributed by atoms with E-state index in [1.165, 1.54) is 0 Å². The predicted molar refractivity (Wildman–Crippen MR) is 80.5 cm³/mol. The van der Waals surface area contributed by atoms with Gasteiger partial charge in [-0.15, -0.1) is 0 Å².